The van der Waals surface area contributed by atoms with Crippen molar-refractivity contribution in [3.8, 4) is 11.3 Å². The minimum Gasteiger partial charge on any atom is -0.346 e. The first-order chi connectivity index (χ1) is 11.6. The normalized spacial score (nSPS) is 12.8. The smallest absolute Gasteiger partial charge is 0.245 e. The number of aryl methyl sites for hydroxylation is 3. The van der Waals surface area contributed by atoms with Gasteiger partial charge >= 0.3 is 0 Å². The van der Waals surface area contributed by atoms with Crippen molar-refractivity contribution in [3.05, 3.63) is 34.2 Å². The molecule has 2 aromatic rings. The van der Waals surface area contributed by atoms with Gasteiger partial charge in [-0.3, -0.25) is 9.59 Å². The molecule has 0 aliphatic heterocycles. The highest BCUT2D eigenvalue weighted by Gasteiger charge is 2.16. The topological polar surface area (TPSA) is 97.1 Å². The number of carbonyl (C=O) groups excluding carboxylic acids is 2. The third-order valence-electron chi connectivity index (χ3n) is 4.05. The lowest BCUT2D eigenvalue weighted by Gasteiger charge is -2.04. The molecule has 1 aromatic heterocycles. The van der Waals surface area contributed by atoms with Crippen molar-refractivity contribution in [2.45, 2.75) is 26.2 Å². The molecule has 3 rings (SSSR count). The number of hydrogen-bond acceptors (Lipinski definition) is 5. The molecule has 0 spiro atoms. The van der Waals surface area contributed by atoms with Gasteiger partial charge in [0.05, 0.1) is 18.8 Å². The third kappa shape index (κ3) is 3.63. The molecule has 0 saturated heterocycles. The quantitative estimate of drug-likeness (QED) is 0.768. The van der Waals surface area contributed by atoms with Crippen molar-refractivity contribution in [3.63, 3.8) is 0 Å². The number of aromatic nitrogens is 1. The Morgan fingerprint density at radius 3 is 2.83 bits per heavy atom. The maximum atomic E-state index is 11.8. The monoisotopic (exact) mass is 344 g/mol. The number of nitrogens with one attached hydrogen (secondary N) is 2. The summed E-state index contributed by atoms with van der Waals surface area (Å²) in [7, 11) is 0. The Bertz CT molecular complexity index is 785. The summed E-state index contributed by atoms with van der Waals surface area (Å²) in [5, 5.41) is 5.69. The predicted molar refractivity (Wildman–Crippen MR) is 95.0 cm³/mol. The SMILES string of the molecule is Cc1sc(NC(=O)CNC(=O)CN)nc1-c1ccc2c(c1)CCC2. The Balaban J connectivity index is 1.71. The van der Waals surface area contributed by atoms with Crippen molar-refractivity contribution in [2.24, 2.45) is 5.73 Å². The van der Waals surface area contributed by atoms with E-state index in [-0.39, 0.29) is 24.9 Å². The van der Waals surface area contributed by atoms with Crippen LogP contribution in [0.2, 0.25) is 0 Å². The van der Waals surface area contributed by atoms with E-state index in [1.54, 1.807) is 0 Å². The van der Waals surface area contributed by atoms with E-state index in [1.807, 2.05) is 6.92 Å². The fourth-order valence-electron chi connectivity index (χ4n) is 2.85. The molecule has 0 radical (unpaired) electrons. The lowest BCUT2D eigenvalue weighted by Crippen LogP contribution is -2.36. The molecule has 0 atom stereocenters. The minimum atomic E-state index is -0.362. The molecular formula is C17H20N4O2S. The largest absolute Gasteiger partial charge is 0.346 e. The van der Waals surface area contributed by atoms with Gasteiger partial charge in [-0.25, -0.2) is 4.98 Å². The number of fused-ring (bicyclic) bond motifs is 1. The Morgan fingerprint density at radius 1 is 1.25 bits per heavy atom. The van der Waals surface area contributed by atoms with Crippen LogP contribution in [0.1, 0.15) is 22.4 Å². The fraction of sp³-hybridized carbons (Fsp3) is 0.353. The molecule has 1 aromatic carbocycles. The van der Waals surface area contributed by atoms with Crippen molar-refractivity contribution >= 4 is 28.3 Å². The van der Waals surface area contributed by atoms with Gasteiger partial charge in [0.2, 0.25) is 11.8 Å². The van der Waals surface area contributed by atoms with Gasteiger partial charge < -0.3 is 16.4 Å². The first-order valence-corrected chi connectivity index (χ1v) is 8.74. The summed E-state index contributed by atoms with van der Waals surface area (Å²) in [6, 6.07) is 6.48. The molecule has 6 nitrogen and oxygen atoms in total. The van der Waals surface area contributed by atoms with E-state index in [9.17, 15) is 9.59 Å². The molecule has 1 heterocycles. The van der Waals surface area contributed by atoms with Gasteiger partial charge in [-0.2, -0.15) is 0 Å². The van der Waals surface area contributed by atoms with Gasteiger partial charge in [0, 0.05) is 10.4 Å². The number of anilines is 1. The number of benzene rings is 1. The fourth-order valence-corrected chi connectivity index (χ4v) is 3.70. The van der Waals surface area contributed by atoms with Gasteiger partial charge in [-0.05, 0) is 43.4 Å². The maximum absolute atomic E-state index is 11.8. The van der Waals surface area contributed by atoms with Gasteiger partial charge in [-0.1, -0.05) is 12.1 Å². The van der Waals surface area contributed by atoms with Crippen molar-refractivity contribution < 1.29 is 9.59 Å². The standard InChI is InChI=1S/C17H20N4O2S/c1-10-16(13-6-5-11-3-2-4-12(11)7-13)21-17(24-10)20-15(23)9-19-14(22)8-18/h5-7H,2-4,8-9,18H2,1H3,(H,19,22)(H,20,21,23). The third-order valence-corrected chi connectivity index (χ3v) is 4.93. The van der Waals surface area contributed by atoms with E-state index in [2.05, 4.69) is 33.8 Å². The second-order valence-electron chi connectivity index (χ2n) is 5.79. The number of hydrogen-bond donors (Lipinski definition) is 3. The van der Waals surface area contributed by atoms with Gasteiger partial charge in [-0.15, -0.1) is 11.3 Å². The molecule has 2 amide bonds. The number of carbonyl (C=O) groups is 2. The molecule has 1 aliphatic rings. The average Bonchev–Trinajstić information content (AvgIpc) is 3.18. The summed E-state index contributed by atoms with van der Waals surface area (Å²) in [4.78, 5) is 28.5. The highest BCUT2D eigenvalue weighted by Crippen LogP contribution is 2.33. The van der Waals surface area contributed by atoms with Gasteiger partial charge in [0.1, 0.15) is 0 Å². The molecule has 0 fully saturated rings. The zero-order chi connectivity index (χ0) is 17.1. The van der Waals surface area contributed by atoms with Gasteiger partial charge in [0.25, 0.3) is 0 Å². The zero-order valence-electron chi connectivity index (χ0n) is 13.5. The van der Waals surface area contributed by atoms with Crippen molar-refractivity contribution in [2.75, 3.05) is 18.4 Å². The van der Waals surface area contributed by atoms with Crippen LogP contribution in [0, 0.1) is 6.92 Å². The zero-order valence-corrected chi connectivity index (χ0v) is 14.3. The molecule has 24 heavy (non-hydrogen) atoms. The van der Waals surface area contributed by atoms with Gasteiger partial charge in [0.15, 0.2) is 5.13 Å². The van der Waals surface area contributed by atoms with E-state index in [1.165, 1.54) is 28.9 Å². The molecule has 0 unspecified atom stereocenters. The molecular weight excluding hydrogens is 324 g/mol. The molecule has 4 N–H and O–H groups in total. The molecule has 0 bridgehead atoms. The summed E-state index contributed by atoms with van der Waals surface area (Å²) in [5.41, 5.74) is 9.99. The Morgan fingerprint density at radius 2 is 2.04 bits per heavy atom. The van der Waals surface area contributed by atoms with Crippen LogP contribution in [0.15, 0.2) is 18.2 Å². The van der Waals surface area contributed by atoms with Crippen LogP contribution >= 0.6 is 11.3 Å². The lowest BCUT2D eigenvalue weighted by molar-refractivity contribution is -0.123. The number of thiazole rings is 1. The number of amides is 2. The number of nitrogens with two attached hydrogens (primary N) is 1. The summed E-state index contributed by atoms with van der Waals surface area (Å²) in [5.74, 6) is -0.676. The second kappa shape index (κ2) is 7.11. The molecule has 0 saturated carbocycles. The van der Waals surface area contributed by atoms with Crippen molar-refractivity contribution in [1.29, 1.82) is 0 Å². The Labute approximate surface area is 144 Å². The van der Waals surface area contributed by atoms with E-state index in [0.717, 1.165) is 29.0 Å². The average molecular weight is 344 g/mol. The minimum absolute atomic E-state index is 0.108. The van der Waals surface area contributed by atoms with Crippen LogP contribution in [-0.4, -0.2) is 29.9 Å². The second-order valence-corrected chi connectivity index (χ2v) is 6.99. The number of nitrogens with zero attached hydrogens (tertiary/aromatic N) is 1. The molecule has 126 valence electrons. The highest BCUT2D eigenvalue weighted by molar-refractivity contribution is 7.16. The Kier molecular flexibility index (Phi) is 4.92. The van der Waals surface area contributed by atoms with Crippen LogP contribution in [0.25, 0.3) is 11.3 Å². The summed E-state index contributed by atoms with van der Waals surface area (Å²) >= 11 is 1.43. The predicted octanol–water partition coefficient (Wildman–Crippen LogP) is 1.62. The summed E-state index contributed by atoms with van der Waals surface area (Å²) in [6.07, 6.45) is 3.49. The summed E-state index contributed by atoms with van der Waals surface area (Å²) < 4.78 is 0. The maximum Gasteiger partial charge on any atom is 0.245 e. The van der Waals surface area contributed by atoms with Crippen LogP contribution in [0.3, 0.4) is 0 Å². The van der Waals surface area contributed by atoms with E-state index < -0.39 is 0 Å². The first-order valence-electron chi connectivity index (χ1n) is 7.93. The lowest BCUT2D eigenvalue weighted by atomic mass is 10.0. The first kappa shape index (κ1) is 16.6. The van der Waals surface area contributed by atoms with Crippen molar-refractivity contribution in [1.82, 2.24) is 10.3 Å². The molecule has 1 aliphatic carbocycles. The number of rotatable bonds is 5. The summed E-state index contributed by atoms with van der Waals surface area (Å²) in [6.45, 7) is 1.75. The van der Waals surface area contributed by atoms with Crippen LogP contribution in [0.5, 0.6) is 0 Å². The van der Waals surface area contributed by atoms with Crippen LogP contribution in [0.4, 0.5) is 5.13 Å². The molecule has 7 heteroatoms. The van der Waals surface area contributed by atoms with E-state index >= 15 is 0 Å². The van der Waals surface area contributed by atoms with E-state index in [4.69, 9.17) is 5.73 Å². The van der Waals surface area contributed by atoms with E-state index in [0.29, 0.717) is 5.13 Å². The van der Waals surface area contributed by atoms with Crippen LogP contribution < -0.4 is 16.4 Å². The highest BCUT2D eigenvalue weighted by atomic mass is 32.1. The Hall–Kier alpha value is -2.25. The van der Waals surface area contributed by atoms with Crippen LogP contribution in [-0.2, 0) is 22.4 Å².